The van der Waals surface area contributed by atoms with Crippen molar-refractivity contribution in [3.63, 3.8) is 0 Å². The lowest BCUT2D eigenvalue weighted by molar-refractivity contribution is -0.122. The zero-order valence-corrected chi connectivity index (χ0v) is 16.9. The molecule has 1 amide bonds. The first kappa shape index (κ1) is 20.3. The molecule has 0 bridgehead atoms. The summed E-state index contributed by atoms with van der Waals surface area (Å²) in [5.41, 5.74) is 1.21. The summed E-state index contributed by atoms with van der Waals surface area (Å²) in [4.78, 5) is 21.9. The molecule has 2 aliphatic rings. The van der Waals surface area contributed by atoms with Crippen LogP contribution < -0.4 is 10.1 Å². The minimum atomic E-state index is -0.501. The summed E-state index contributed by atoms with van der Waals surface area (Å²) in [7, 11) is 1.41. The molecule has 9 heteroatoms. The Balaban J connectivity index is 1.28. The lowest BCUT2D eigenvalue weighted by Crippen LogP contribution is -2.36. The molecule has 4 rings (SSSR count). The van der Waals surface area contributed by atoms with E-state index in [0.29, 0.717) is 42.3 Å². The minimum Gasteiger partial charge on any atom is -0.494 e. The van der Waals surface area contributed by atoms with Crippen LogP contribution in [0.3, 0.4) is 0 Å². The first-order valence-electron chi connectivity index (χ1n) is 10.3. The van der Waals surface area contributed by atoms with E-state index >= 15 is 0 Å². The number of aryl methyl sites for hydroxylation is 1. The van der Waals surface area contributed by atoms with Gasteiger partial charge >= 0.3 is 0 Å². The lowest BCUT2D eigenvalue weighted by atomic mass is 9.95. The van der Waals surface area contributed by atoms with Gasteiger partial charge in [-0.15, -0.1) is 0 Å². The molecule has 160 valence electrons. The molecule has 1 aromatic carbocycles. The molecule has 0 saturated heterocycles. The molecule has 2 aromatic rings. The highest BCUT2D eigenvalue weighted by Crippen LogP contribution is 2.29. The number of hydrogen-bond donors (Lipinski definition) is 1. The molecule has 2 heterocycles. The van der Waals surface area contributed by atoms with Gasteiger partial charge in [0, 0.05) is 30.9 Å². The predicted molar refractivity (Wildman–Crippen MR) is 106 cm³/mol. The molecule has 1 saturated carbocycles. The van der Waals surface area contributed by atoms with Crippen molar-refractivity contribution in [3.8, 4) is 5.75 Å². The maximum Gasteiger partial charge on any atom is 0.227 e. The first-order valence-corrected chi connectivity index (χ1v) is 10.3. The van der Waals surface area contributed by atoms with Crippen LogP contribution in [0.2, 0.25) is 0 Å². The van der Waals surface area contributed by atoms with Gasteiger partial charge in [0.2, 0.25) is 17.6 Å². The summed E-state index contributed by atoms with van der Waals surface area (Å²) in [6.45, 7) is 0. The van der Waals surface area contributed by atoms with Gasteiger partial charge in [-0.1, -0.05) is 29.6 Å². The fraction of sp³-hybridized carbons (Fsp3) is 0.524. The maximum absolute atomic E-state index is 13.9. The number of carbonyl (C=O) groups is 1. The maximum atomic E-state index is 13.9. The van der Waals surface area contributed by atoms with Crippen LogP contribution in [0.25, 0.3) is 0 Å². The number of carbonyl (C=O) groups excluding carboxylic acids is 1. The van der Waals surface area contributed by atoms with E-state index in [9.17, 15) is 9.18 Å². The first-order chi connectivity index (χ1) is 14.6. The third kappa shape index (κ3) is 4.77. The van der Waals surface area contributed by atoms with E-state index < -0.39 is 11.9 Å². The highest BCUT2D eigenvalue weighted by Gasteiger charge is 2.29. The number of rotatable bonds is 7. The lowest BCUT2D eigenvalue weighted by Gasteiger charge is -2.22. The van der Waals surface area contributed by atoms with E-state index in [4.69, 9.17) is 14.1 Å². The zero-order valence-electron chi connectivity index (χ0n) is 16.9. The van der Waals surface area contributed by atoms with E-state index in [1.165, 1.54) is 32.4 Å². The summed E-state index contributed by atoms with van der Waals surface area (Å²) in [6.07, 6.45) is 6.27. The molecule has 0 radical (unpaired) electrons. The molecule has 1 unspecified atom stereocenters. The number of ether oxygens (including phenoxy) is 1. The Morgan fingerprint density at radius 2 is 2.13 bits per heavy atom. The number of nitrogens with zero attached hydrogens (tertiary/aromatic N) is 3. The van der Waals surface area contributed by atoms with Crippen molar-refractivity contribution in [2.24, 2.45) is 5.16 Å². The number of nitrogens with one attached hydrogen (secondary N) is 1. The average Bonchev–Trinajstić information content (AvgIpc) is 3.43. The van der Waals surface area contributed by atoms with Crippen molar-refractivity contribution in [2.75, 3.05) is 7.11 Å². The normalized spacial score (nSPS) is 19.3. The Bertz CT molecular complexity index is 923. The molecule has 1 aromatic heterocycles. The van der Waals surface area contributed by atoms with Gasteiger partial charge in [-0.25, -0.2) is 4.39 Å². The second-order valence-corrected chi connectivity index (χ2v) is 7.63. The minimum absolute atomic E-state index is 0.00548. The number of amides is 1. The molecule has 1 fully saturated rings. The molecule has 1 aliphatic heterocycles. The quantitative estimate of drug-likeness (QED) is 0.742. The van der Waals surface area contributed by atoms with Gasteiger partial charge in [0.1, 0.15) is 0 Å². The fourth-order valence-electron chi connectivity index (χ4n) is 3.80. The van der Waals surface area contributed by atoms with Crippen LogP contribution >= 0.6 is 0 Å². The van der Waals surface area contributed by atoms with Crippen LogP contribution in [0.1, 0.15) is 68.3 Å². The van der Waals surface area contributed by atoms with E-state index in [2.05, 4.69) is 20.6 Å². The Kier molecular flexibility index (Phi) is 6.25. The highest BCUT2D eigenvalue weighted by atomic mass is 19.1. The standard InChI is InChI=1S/C21H25FN4O4/c1-28-17-8-7-13(11-15(17)22)16-12-18(29-25-16)21-24-20(30-26-21)10-9-19(27)23-14-5-3-2-4-6-14/h7-8,11,14,18H,2-6,9-10,12H2,1H3,(H,23,27). The second kappa shape index (κ2) is 9.23. The fourth-order valence-corrected chi connectivity index (χ4v) is 3.80. The highest BCUT2D eigenvalue weighted by molar-refractivity contribution is 6.01. The predicted octanol–water partition coefficient (Wildman–Crippen LogP) is 3.46. The molecule has 1 aliphatic carbocycles. The van der Waals surface area contributed by atoms with Crippen molar-refractivity contribution < 1.29 is 23.3 Å². The molecular weight excluding hydrogens is 391 g/mol. The number of hydrogen-bond acceptors (Lipinski definition) is 7. The third-order valence-corrected chi connectivity index (χ3v) is 5.46. The van der Waals surface area contributed by atoms with Crippen LogP contribution in [0.15, 0.2) is 27.9 Å². The Morgan fingerprint density at radius 3 is 2.90 bits per heavy atom. The van der Waals surface area contributed by atoms with Crippen LogP contribution in [-0.4, -0.2) is 34.9 Å². The van der Waals surface area contributed by atoms with Crippen LogP contribution in [0.4, 0.5) is 4.39 Å². The number of benzene rings is 1. The van der Waals surface area contributed by atoms with E-state index in [1.54, 1.807) is 12.1 Å². The van der Waals surface area contributed by atoms with Crippen molar-refractivity contribution >= 4 is 11.6 Å². The number of methoxy groups -OCH3 is 1. The van der Waals surface area contributed by atoms with Gasteiger partial charge in [-0.05, 0) is 31.0 Å². The zero-order chi connectivity index (χ0) is 20.9. The average molecular weight is 416 g/mol. The van der Waals surface area contributed by atoms with Crippen molar-refractivity contribution in [3.05, 3.63) is 41.3 Å². The Labute approximate surface area is 173 Å². The monoisotopic (exact) mass is 416 g/mol. The second-order valence-electron chi connectivity index (χ2n) is 7.63. The van der Waals surface area contributed by atoms with Gasteiger partial charge in [0.15, 0.2) is 17.7 Å². The van der Waals surface area contributed by atoms with Gasteiger partial charge in [-0.3, -0.25) is 4.79 Å². The third-order valence-electron chi connectivity index (χ3n) is 5.46. The largest absolute Gasteiger partial charge is 0.494 e. The number of aromatic nitrogens is 2. The summed E-state index contributed by atoms with van der Waals surface area (Å²) >= 11 is 0. The molecule has 1 atom stereocenters. The van der Waals surface area contributed by atoms with Crippen molar-refractivity contribution in [1.29, 1.82) is 0 Å². The summed E-state index contributed by atoms with van der Waals surface area (Å²) in [6, 6.07) is 4.91. The van der Waals surface area contributed by atoms with E-state index in [0.717, 1.165) is 12.8 Å². The molecular formula is C21H25FN4O4. The SMILES string of the molecule is COc1ccc(C2=NOC(c3noc(CCC(=O)NC4CCCCC4)n3)C2)cc1F. The summed E-state index contributed by atoms with van der Waals surface area (Å²) < 4.78 is 24.1. The Morgan fingerprint density at radius 1 is 1.30 bits per heavy atom. The number of oxime groups is 1. The van der Waals surface area contributed by atoms with Crippen molar-refractivity contribution in [1.82, 2.24) is 15.5 Å². The smallest absolute Gasteiger partial charge is 0.227 e. The van der Waals surface area contributed by atoms with E-state index in [1.807, 2.05) is 0 Å². The number of halogens is 1. The topological polar surface area (TPSA) is 98.8 Å². The van der Waals surface area contributed by atoms with Crippen molar-refractivity contribution in [2.45, 2.75) is 63.5 Å². The molecule has 1 N–H and O–H groups in total. The molecule has 8 nitrogen and oxygen atoms in total. The summed E-state index contributed by atoms with van der Waals surface area (Å²) in [5, 5.41) is 11.1. The van der Waals surface area contributed by atoms with Gasteiger partial charge in [0.25, 0.3) is 0 Å². The van der Waals surface area contributed by atoms with Gasteiger partial charge in [0.05, 0.1) is 12.8 Å². The Hall–Kier alpha value is -2.97. The van der Waals surface area contributed by atoms with Crippen LogP contribution in [-0.2, 0) is 16.1 Å². The van der Waals surface area contributed by atoms with Crippen LogP contribution in [0.5, 0.6) is 5.75 Å². The molecule has 0 spiro atoms. The van der Waals surface area contributed by atoms with Gasteiger partial charge < -0.3 is 19.4 Å². The van der Waals surface area contributed by atoms with Gasteiger partial charge in [-0.2, -0.15) is 4.98 Å². The van der Waals surface area contributed by atoms with Crippen LogP contribution in [0, 0.1) is 5.82 Å². The molecule has 30 heavy (non-hydrogen) atoms. The van der Waals surface area contributed by atoms with E-state index in [-0.39, 0.29) is 17.7 Å². The summed E-state index contributed by atoms with van der Waals surface area (Å²) in [5.74, 6) is 0.465.